The van der Waals surface area contributed by atoms with Crippen LogP contribution in [0.3, 0.4) is 0 Å². The number of hydrogen-bond acceptors (Lipinski definition) is 9. The van der Waals surface area contributed by atoms with Gasteiger partial charge in [-0.1, -0.05) is 47.8 Å². The highest BCUT2D eigenvalue weighted by Gasteiger charge is 2.20. The maximum Gasteiger partial charge on any atom is 0.236 e. The molecule has 9 heteroatoms. The number of benzene rings is 1. The Labute approximate surface area is 198 Å². The summed E-state index contributed by atoms with van der Waals surface area (Å²) in [5.74, 6) is 1.80. The maximum absolute atomic E-state index is 4.82. The number of hydrogen-bond donors (Lipinski definition) is 1. The summed E-state index contributed by atoms with van der Waals surface area (Å²) < 4.78 is 0. The Balaban J connectivity index is 1.44. The fourth-order valence-electron chi connectivity index (χ4n) is 3.86. The molecule has 0 saturated carbocycles. The highest BCUT2D eigenvalue weighted by atomic mass is 32.1. The maximum atomic E-state index is 4.82. The molecule has 1 saturated heterocycles. The summed E-state index contributed by atoms with van der Waals surface area (Å²) >= 11 is 1.63. The molecule has 0 amide bonds. The van der Waals surface area contributed by atoms with Crippen molar-refractivity contribution in [3.05, 3.63) is 59.6 Å². The minimum Gasteiger partial charge on any atom is -0.338 e. The fraction of sp³-hybridized carbons (Fsp3) is 0.333. The molecule has 2 aliphatic rings. The van der Waals surface area contributed by atoms with Crippen LogP contribution in [0.5, 0.6) is 0 Å². The molecule has 1 aliphatic heterocycles. The van der Waals surface area contributed by atoms with E-state index in [4.69, 9.17) is 15.0 Å². The molecule has 1 N–H and O–H groups in total. The van der Waals surface area contributed by atoms with Crippen LogP contribution in [-0.4, -0.2) is 65.1 Å². The lowest BCUT2D eigenvalue weighted by molar-refractivity contribution is 0.311. The molecular weight excluding hydrogens is 432 g/mol. The Kier molecular flexibility index (Phi) is 6.32. The lowest BCUT2D eigenvalue weighted by Crippen LogP contribution is -2.45. The number of nitrogens with zero attached hydrogens (tertiary/aromatic N) is 7. The predicted octanol–water partition coefficient (Wildman–Crippen LogP) is 4.32. The SMILES string of the molecule is CN1CCN(c2nc(Nc3ncc(C4=CC=CCC4)s3)nc(N(C)c3ccccc3)n2)CC1. The van der Waals surface area contributed by atoms with Crippen LogP contribution in [0.15, 0.2) is 54.8 Å². The van der Waals surface area contributed by atoms with Gasteiger partial charge in [-0.25, -0.2) is 4.98 Å². The molecule has 2 aromatic heterocycles. The summed E-state index contributed by atoms with van der Waals surface area (Å²) in [6.07, 6.45) is 10.5. The van der Waals surface area contributed by atoms with Gasteiger partial charge < -0.3 is 14.7 Å². The summed E-state index contributed by atoms with van der Waals surface area (Å²) in [4.78, 5) is 26.6. The van der Waals surface area contributed by atoms with E-state index < -0.39 is 0 Å². The van der Waals surface area contributed by atoms with E-state index in [1.165, 1.54) is 10.5 Å². The van der Waals surface area contributed by atoms with Gasteiger partial charge in [0.2, 0.25) is 17.8 Å². The summed E-state index contributed by atoms with van der Waals surface area (Å²) in [5.41, 5.74) is 2.34. The van der Waals surface area contributed by atoms with Gasteiger partial charge >= 0.3 is 0 Å². The van der Waals surface area contributed by atoms with Crippen molar-refractivity contribution in [3.8, 4) is 0 Å². The number of para-hydroxylation sites is 1. The molecule has 0 unspecified atom stereocenters. The van der Waals surface area contributed by atoms with E-state index in [1.807, 2.05) is 48.5 Å². The van der Waals surface area contributed by atoms with Crippen molar-refractivity contribution < 1.29 is 0 Å². The zero-order chi connectivity index (χ0) is 22.6. The number of allylic oxidation sites excluding steroid dienone is 4. The van der Waals surface area contributed by atoms with Crippen LogP contribution >= 0.6 is 11.3 Å². The Morgan fingerprint density at radius 2 is 1.85 bits per heavy atom. The van der Waals surface area contributed by atoms with Crippen LogP contribution < -0.4 is 15.1 Å². The van der Waals surface area contributed by atoms with Crippen LogP contribution in [0, 0.1) is 0 Å². The topological polar surface area (TPSA) is 73.3 Å². The lowest BCUT2D eigenvalue weighted by Gasteiger charge is -2.32. The first-order chi connectivity index (χ1) is 16.2. The van der Waals surface area contributed by atoms with E-state index in [0.29, 0.717) is 17.8 Å². The van der Waals surface area contributed by atoms with Gasteiger partial charge in [0.05, 0.1) is 4.88 Å². The first-order valence-corrected chi connectivity index (χ1v) is 12.0. The molecule has 0 spiro atoms. The summed E-state index contributed by atoms with van der Waals surface area (Å²) in [6, 6.07) is 10.1. The van der Waals surface area contributed by atoms with Crippen molar-refractivity contribution in [2.45, 2.75) is 12.8 Å². The first kappa shape index (κ1) is 21.5. The normalized spacial score (nSPS) is 16.5. The molecule has 0 atom stereocenters. The molecule has 5 rings (SSSR count). The number of nitrogens with one attached hydrogen (secondary N) is 1. The Hall–Kier alpha value is -3.30. The average Bonchev–Trinajstić information content (AvgIpc) is 3.33. The van der Waals surface area contributed by atoms with Crippen molar-refractivity contribution in [3.63, 3.8) is 0 Å². The molecule has 170 valence electrons. The number of anilines is 5. The second kappa shape index (κ2) is 9.68. The molecule has 1 fully saturated rings. The predicted molar refractivity (Wildman–Crippen MR) is 136 cm³/mol. The molecule has 8 nitrogen and oxygen atoms in total. The van der Waals surface area contributed by atoms with Crippen molar-refractivity contribution >= 4 is 45.6 Å². The standard InChI is InChI=1S/C24H28N8S/c1-30-13-15-32(16-14-30)23-27-21(26-22(29-23)31(2)19-11-7-4-8-12-19)28-24-25-17-20(33-24)18-9-5-3-6-10-18/h3-5,7-9,11-12,17H,6,10,13-16H2,1-2H3,(H,25,26,27,28,29). The van der Waals surface area contributed by atoms with E-state index in [-0.39, 0.29) is 0 Å². The smallest absolute Gasteiger partial charge is 0.236 e. The van der Waals surface area contributed by atoms with Crippen LogP contribution in [0.1, 0.15) is 17.7 Å². The van der Waals surface area contributed by atoms with E-state index in [0.717, 1.165) is 49.8 Å². The molecular formula is C24H28N8S. The zero-order valence-electron chi connectivity index (χ0n) is 19.0. The fourth-order valence-corrected chi connectivity index (χ4v) is 4.72. The van der Waals surface area contributed by atoms with Crippen LogP contribution in [0.25, 0.3) is 5.57 Å². The number of likely N-dealkylation sites (N-methyl/N-ethyl adjacent to an activating group) is 1. The summed E-state index contributed by atoms with van der Waals surface area (Å²) in [6.45, 7) is 3.74. The van der Waals surface area contributed by atoms with Gasteiger partial charge in [0.25, 0.3) is 0 Å². The second-order valence-corrected chi connectivity index (χ2v) is 9.29. The quantitative estimate of drug-likeness (QED) is 0.583. The van der Waals surface area contributed by atoms with E-state index in [2.05, 4.69) is 45.4 Å². The van der Waals surface area contributed by atoms with Gasteiger partial charge in [-0.2, -0.15) is 15.0 Å². The molecule has 0 radical (unpaired) electrons. The Morgan fingerprint density at radius 3 is 2.61 bits per heavy atom. The second-order valence-electron chi connectivity index (χ2n) is 8.26. The minimum atomic E-state index is 0.509. The zero-order valence-corrected chi connectivity index (χ0v) is 19.8. The average molecular weight is 461 g/mol. The Bertz CT molecular complexity index is 1150. The van der Waals surface area contributed by atoms with Gasteiger partial charge in [0.1, 0.15) is 0 Å². The van der Waals surface area contributed by atoms with Crippen molar-refractivity contribution in [2.75, 3.05) is 55.4 Å². The van der Waals surface area contributed by atoms with Gasteiger partial charge in [0, 0.05) is 45.1 Å². The van der Waals surface area contributed by atoms with Gasteiger partial charge in [-0.15, -0.1) is 0 Å². The van der Waals surface area contributed by atoms with Crippen molar-refractivity contribution in [1.82, 2.24) is 24.8 Å². The lowest BCUT2D eigenvalue weighted by atomic mass is 10.0. The van der Waals surface area contributed by atoms with Crippen molar-refractivity contribution in [1.29, 1.82) is 0 Å². The first-order valence-electron chi connectivity index (χ1n) is 11.2. The molecule has 0 bridgehead atoms. The summed E-state index contributed by atoms with van der Waals surface area (Å²) in [5, 5.41) is 4.12. The molecule has 1 aromatic carbocycles. The van der Waals surface area contributed by atoms with E-state index in [1.54, 1.807) is 11.3 Å². The van der Waals surface area contributed by atoms with Gasteiger partial charge in [-0.3, -0.25) is 5.32 Å². The number of rotatable bonds is 6. The third kappa shape index (κ3) is 5.04. The number of piperazine rings is 1. The largest absolute Gasteiger partial charge is 0.338 e. The van der Waals surface area contributed by atoms with Crippen LogP contribution in [0.2, 0.25) is 0 Å². The minimum absolute atomic E-state index is 0.509. The third-order valence-electron chi connectivity index (χ3n) is 5.90. The Morgan fingerprint density at radius 1 is 1.03 bits per heavy atom. The van der Waals surface area contributed by atoms with E-state index in [9.17, 15) is 0 Å². The molecule has 3 heterocycles. The van der Waals surface area contributed by atoms with E-state index >= 15 is 0 Å². The third-order valence-corrected chi connectivity index (χ3v) is 6.88. The highest BCUT2D eigenvalue weighted by molar-refractivity contribution is 7.16. The van der Waals surface area contributed by atoms with Gasteiger partial charge in [0.15, 0.2) is 5.13 Å². The monoisotopic (exact) mass is 460 g/mol. The number of aromatic nitrogens is 4. The molecule has 33 heavy (non-hydrogen) atoms. The van der Waals surface area contributed by atoms with Crippen molar-refractivity contribution in [2.24, 2.45) is 0 Å². The number of thiazole rings is 1. The summed E-state index contributed by atoms with van der Waals surface area (Å²) in [7, 11) is 4.12. The van der Waals surface area contributed by atoms with Crippen LogP contribution in [-0.2, 0) is 0 Å². The van der Waals surface area contributed by atoms with Gasteiger partial charge in [-0.05, 0) is 37.6 Å². The highest BCUT2D eigenvalue weighted by Crippen LogP contribution is 2.32. The van der Waals surface area contributed by atoms with Crippen LogP contribution in [0.4, 0.5) is 28.7 Å². The molecule has 1 aliphatic carbocycles. The molecule has 3 aromatic rings.